The summed E-state index contributed by atoms with van der Waals surface area (Å²) in [4.78, 5) is 70.1. The van der Waals surface area contributed by atoms with E-state index in [0.29, 0.717) is 71.6 Å². The Morgan fingerprint density at radius 3 is 2.48 bits per heavy atom. The molecular weight excluding hydrogens is 886 g/mol. The van der Waals surface area contributed by atoms with Gasteiger partial charge >= 0.3 is 6.18 Å². The number of carbonyl (C=O) groups excluding carboxylic acids is 4. The van der Waals surface area contributed by atoms with Crippen LogP contribution in [0.5, 0.6) is 11.5 Å². The van der Waals surface area contributed by atoms with Crippen molar-refractivity contribution in [2.45, 2.75) is 133 Å². The average Bonchev–Trinajstić information content (AvgIpc) is 4.14. The number of rotatable bonds is 10. The molecular formula is C46H57F3N6O8S2. The van der Waals surface area contributed by atoms with E-state index >= 15 is 0 Å². The van der Waals surface area contributed by atoms with Crippen LogP contribution in [0.15, 0.2) is 35.7 Å². The average molecular weight is 943 g/mol. The van der Waals surface area contributed by atoms with Crippen molar-refractivity contribution in [1.29, 1.82) is 0 Å². The number of ether oxygens (including phenoxy) is 2. The van der Waals surface area contributed by atoms with Crippen molar-refractivity contribution in [3.63, 3.8) is 0 Å². The maximum absolute atomic E-state index is 15.0. The summed E-state index contributed by atoms with van der Waals surface area (Å²) in [5.74, 6) is -4.04. The zero-order valence-corrected chi connectivity index (χ0v) is 38.8. The Labute approximate surface area is 381 Å². The summed E-state index contributed by atoms with van der Waals surface area (Å²) in [7, 11) is -2.39. The van der Waals surface area contributed by atoms with Gasteiger partial charge in [-0.15, -0.1) is 11.3 Å². The second-order valence-corrected chi connectivity index (χ2v) is 21.4. The number of likely N-dealkylation sites (tertiary alicyclic amines) is 1. The van der Waals surface area contributed by atoms with E-state index in [-0.39, 0.29) is 57.7 Å². The lowest BCUT2D eigenvalue weighted by molar-refractivity contribution is -0.186. The molecule has 0 spiro atoms. The summed E-state index contributed by atoms with van der Waals surface area (Å²) in [6.45, 7) is 5.78. The minimum atomic E-state index is -4.35. The Hall–Kier alpha value is -4.78. The van der Waals surface area contributed by atoms with Gasteiger partial charge < -0.3 is 24.6 Å². The minimum Gasteiger partial charge on any atom is -0.496 e. The molecule has 3 aromatic rings. The fourth-order valence-electron chi connectivity index (χ4n) is 9.43. The number of hydrogen-bond acceptors (Lipinski definition) is 11. The van der Waals surface area contributed by atoms with Gasteiger partial charge in [0.15, 0.2) is 0 Å². The number of hydrogen-bond donors (Lipinski definition) is 2. The molecule has 3 aliphatic heterocycles. The topological polar surface area (TPSA) is 177 Å². The Balaban J connectivity index is 1.12. The number of pyridine rings is 1. The number of alkyl halides is 3. The van der Waals surface area contributed by atoms with Crippen molar-refractivity contribution in [2.75, 3.05) is 26.7 Å². The number of piperidine rings is 1. The number of aromatic nitrogens is 2. The van der Waals surface area contributed by atoms with Gasteiger partial charge in [-0.25, -0.2) is 18.4 Å². The van der Waals surface area contributed by atoms with E-state index < -0.39 is 80.5 Å². The first-order valence-electron chi connectivity index (χ1n) is 22.7. The van der Waals surface area contributed by atoms with Crippen molar-refractivity contribution in [3.8, 4) is 22.2 Å². The highest BCUT2D eigenvalue weighted by Gasteiger charge is 2.62. The van der Waals surface area contributed by atoms with Crippen molar-refractivity contribution in [3.05, 3.63) is 47.0 Å². The van der Waals surface area contributed by atoms with Crippen LogP contribution in [0.3, 0.4) is 0 Å². The number of methoxy groups -OCH3 is 1. The number of halogens is 3. The number of fused-ring (bicyclic) bond motifs is 3. The molecule has 19 heteroatoms. The fourth-order valence-corrected chi connectivity index (χ4v) is 11.7. The molecule has 2 aliphatic carbocycles. The lowest BCUT2D eigenvalue weighted by Crippen LogP contribution is -2.57. The zero-order chi connectivity index (χ0) is 46.4. The first-order chi connectivity index (χ1) is 30.9. The number of thiazole rings is 1. The summed E-state index contributed by atoms with van der Waals surface area (Å²) in [5, 5.41) is 5.54. The maximum atomic E-state index is 15.0. The second-order valence-electron chi connectivity index (χ2n) is 18.6. The Morgan fingerprint density at radius 1 is 1.05 bits per heavy atom. The number of carbonyl (C=O) groups is 4. The number of allylic oxidation sites excluding steroid dienone is 1. The summed E-state index contributed by atoms with van der Waals surface area (Å²) >= 11 is 1.45. The molecule has 5 atom stereocenters. The molecule has 4 fully saturated rings. The molecule has 352 valence electrons. The molecule has 0 radical (unpaired) electrons. The van der Waals surface area contributed by atoms with E-state index in [2.05, 4.69) is 23.9 Å². The molecule has 65 heavy (non-hydrogen) atoms. The molecule has 5 aliphatic rings. The molecule has 14 nitrogen and oxygen atoms in total. The third kappa shape index (κ3) is 10.0. The van der Waals surface area contributed by atoms with E-state index in [4.69, 9.17) is 19.4 Å². The summed E-state index contributed by atoms with van der Waals surface area (Å²) in [6.07, 6.45) is 1.95. The highest BCUT2D eigenvalue weighted by atomic mass is 32.2. The molecule has 5 heterocycles. The van der Waals surface area contributed by atoms with Crippen LogP contribution in [0, 0.1) is 24.7 Å². The lowest BCUT2D eigenvalue weighted by atomic mass is 9.92. The van der Waals surface area contributed by atoms with Crippen LogP contribution in [0.4, 0.5) is 13.2 Å². The predicted molar refractivity (Wildman–Crippen MR) is 238 cm³/mol. The third-order valence-electron chi connectivity index (χ3n) is 13.7. The monoisotopic (exact) mass is 942 g/mol. The first-order valence-corrected chi connectivity index (χ1v) is 25.1. The van der Waals surface area contributed by atoms with Gasteiger partial charge in [-0.1, -0.05) is 38.8 Å². The third-order valence-corrected chi connectivity index (χ3v) is 16.4. The molecule has 1 aromatic carbocycles. The molecule has 0 bridgehead atoms. The van der Waals surface area contributed by atoms with Gasteiger partial charge in [-0.05, 0) is 76.3 Å². The molecule has 1 unspecified atom stereocenters. The second kappa shape index (κ2) is 18.5. The molecule has 2 N–H and O–H groups in total. The Kier molecular flexibility index (Phi) is 13.3. The van der Waals surface area contributed by atoms with E-state index in [1.54, 1.807) is 13.2 Å². The van der Waals surface area contributed by atoms with Gasteiger partial charge in [0, 0.05) is 60.2 Å². The largest absolute Gasteiger partial charge is 0.496 e. The van der Waals surface area contributed by atoms with E-state index in [9.17, 15) is 40.8 Å². The van der Waals surface area contributed by atoms with Crippen LogP contribution >= 0.6 is 11.3 Å². The van der Waals surface area contributed by atoms with Gasteiger partial charge in [-0.3, -0.25) is 23.9 Å². The number of benzene rings is 1. The number of amides is 4. The van der Waals surface area contributed by atoms with Crippen LogP contribution in [0.1, 0.15) is 108 Å². The van der Waals surface area contributed by atoms with Crippen LogP contribution in [0.2, 0.25) is 0 Å². The van der Waals surface area contributed by atoms with Gasteiger partial charge in [-0.2, -0.15) is 13.2 Å². The number of aryl methyl sites for hydroxylation is 1. The summed E-state index contributed by atoms with van der Waals surface area (Å²) in [6, 6.07) is 4.25. The van der Waals surface area contributed by atoms with Crippen LogP contribution in [-0.4, -0.2) is 108 Å². The highest BCUT2D eigenvalue weighted by molar-refractivity contribution is 7.91. The van der Waals surface area contributed by atoms with Gasteiger partial charge in [0.05, 0.1) is 36.0 Å². The first kappa shape index (κ1) is 46.7. The standard InChI is InChI=1S/C46H57F3N6O8S2/c1-26(2)35-25-64-42(51-35)34-22-38(33-14-15-37(62-4)27(3)40(33)50-34)63-31-21-36-41(57)52-45(44(59)53-65(60,61)32-12-13-32)23-30(45)11-9-7-5-6-8-10-28(43(58)55(36)24-31)20-39(56)54-18-16-29(17-19-54)46(47,48)49/h9,11,14-15,22,25-26,28-32,36H,5-8,10,12-13,16-21,23-24H2,1-4H3,(H,52,57)(H,53,59)/b11-9-/t28-,30?,31-,36+,45-/m1/s1. The Morgan fingerprint density at radius 2 is 1.80 bits per heavy atom. The summed E-state index contributed by atoms with van der Waals surface area (Å²) < 4.78 is 81.2. The van der Waals surface area contributed by atoms with E-state index in [1.165, 1.54) is 21.1 Å². The quantitative estimate of drug-likeness (QED) is 0.202. The molecule has 4 amide bonds. The maximum Gasteiger partial charge on any atom is 0.391 e. The zero-order valence-electron chi connectivity index (χ0n) is 37.1. The Bertz CT molecular complexity index is 2470. The van der Waals surface area contributed by atoms with E-state index in [0.717, 1.165) is 17.7 Å². The minimum absolute atomic E-state index is 0.00912. The smallest absolute Gasteiger partial charge is 0.391 e. The van der Waals surface area contributed by atoms with Crippen LogP contribution < -0.4 is 19.5 Å². The molecule has 2 saturated heterocycles. The van der Waals surface area contributed by atoms with Crippen molar-refractivity contribution in [1.82, 2.24) is 29.8 Å². The normalized spacial score (nSPS) is 26.5. The number of nitrogens with zero attached hydrogens (tertiary/aromatic N) is 4. The van der Waals surface area contributed by atoms with Crippen LogP contribution in [-0.2, 0) is 29.2 Å². The number of sulfonamides is 1. The molecule has 2 saturated carbocycles. The van der Waals surface area contributed by atoms with Gasteiger partial charge in [0.25, 0.3) is 5.91 Å². The van der Waals surface area contributed by atoms with Crippen molar-refractivity contribution >= 4 is 55.9 Å². The molecule has 2 aromatic heterocycles. The van der Waals surface area contributed by atoms with Gasteiger partial charge in [0.1, 0.15) is 39.9 Å². The van der Waals surface area contributed by atoms with Gasteiger partial charge in [0.2, 0.25) is 27.7 Å². The lowest BCUT2D eigenvalue weighted by Gasteiger charge is -2.34. The fraction of sp³-hybridized carbons (Fsp3) is 0.609. The van der Waals surface area contributed by atoms with E-state index in [1.807, 2.05) is 36.6 Å². The van der Waals surface area contributed by atoms with Crippen molar-refractivity contribution in [2.24, 2.45) is 17.8 Å². The van der Waals surface area contributed by atoms with Crippen molar-refractivity contribution < 1.29 is 50.2 Å². The summed E-state index contributed by atoms with van der Waals surface area (Å²) in [5.41, 5.74) is 1.27. The number of nitrogens with one attached hydrogen (secondary N) is 2. The highest BCUT2D eigenvalue weighted by Crippen LogP contribution is 2.47. The van der Waals surface area contributed by atoms with Crippen LogP contribution in [0.25, 0.3) is 21.6 Å². The predicted octanol–water partition coefficient (Wildman–Crippen LogP) is 6.96. The SMILES string of the molecule is COc1ccc2c(O[C@@H]3C[C@H]4C(=O)N[C@]5(C(=O)NS(=O)(=O)C6CC6)CC5/C=C\CCCCC[C@H](CC(=O)N5CCC(C(F)(F)F)CC5)C(=O)N4C3)cc(-c3nc(C(C)C)cs3)nc2c1C. The molecule has 8 rings (SSSR count).